The number of likely N-dealkylation sites (tertiary alicyclic amines) is 1. The largest absolute Gasteiger partial charge is 0.481 e. The predicted octanol–water partition coefficient (Wildman–Crippen LogP) is 0.620. The number of amides is 2. The van der Waals surface area contributed by atoms with E-state index in [9.17, 15) is 14.7 Å². The monoisotopic (exact) mass is 269 g/mol. The SMILES string of the molecule is NCC1CCN(C(=O)NC2CCCCC2C(=O)O)C1. The molecule has 1 aliphatic heterocycles. The third-order valence-corrected chi connectivity index (χ3v) is 4.30. The highest BCUT2D eigenvalue weighted by molar-refractivity contribution is 5.77. The number of nitrogens with two attached hydrogens (primary N) is 1. The fraction of sp³-hybridized carbons (Fsp3) is 0.846. The summed E-state index contributed by atoms with van der Waals surface area (Å²) in [5.74, 6) is -0.857. The van der Waals surface area contributed by atoms with Crippen molar-refractivity contribution in [2.75, 3.05) is 19.6 Å². The normalized spacial score (nSPS) is 31.2. The van der Waals surface area contributed by atoms with E-state index in [2.05, 4.69) is 5.32 Å². The predicted molar refractivity (Wildman–Crippen MR) is 70.6 cm³/mol. The highest BCUT2D eigenvalue weighted by Crippen LogP contribution is 2.25. The van der Waals surface area contributed by atoms with Gasteiger partial charge in [-0.2, -0.15) is 0 Å². The Balaban J connectivity index is 1.88. The molecule has 3 atom stereocenters. The molecule has 6 heteroatoms. The lowest BCUT2D eigenvalue weighted by Gasteiger charge is -2.31. The van der Waals surface area contributed by atoms with Crippen molar-refractivity contribution in [3.8, 4) is 0 Å². The molecule has 0 radical (unpaired) electrons. The van der Waals surface area contributed by atoms with E-state index in [1.54, 1.807) is 4.90 Å². The molecular weight excluding hydrogens is 246 g/mol. The number of rotatable bonds is 3. The van der Waals surface area contributed by atoms with Gasteiger partial charge in [0.25, 0.3) is 0 Å². The number of hydrogen-bond acceptors (Lipinski definition) is 3. The van der Waals surface area contributed by atoms with Crippen molar-refractivity contribution in [2.24, 2.45) is 17.6 Å². The summed E-state index contributed by atoms with van der Waals surface area (Å²) in [7, 11) is 0. The molecular formula is C13H23N3O3. The van der Waals surface area contributed by atoms with Crippen molar-refractivity contribution < 1.29 is 14.7 Å². The number of aliphatic carboxylic acids is 1. The Hall–Kier alpha value is -1.30. The Kier molecular flexibility index (Phi) is 4.63. The Bertz CT molecular complexity index is 348. The molecule has 0 bridgehead atoms. The van der Waals surface area contributed by atoms with Crippen LogP contribution >= 0.6 is 0 Å². The van der Waals surface area contributed by atoms with Crippen molar-refractivity contribution in [2.45, 2.75) is 38.1 Å². The number of carboxylic acids is 1. The maximum atomic E-state index is 12.1. The van der Waals surface area contributed by atoms with Gasteiger partial charge < -0.3 is 21.1 Å². The Morgan fingerprint density at radius 1 is 1.26 bits per heavy atom. The summed E-state index contributed by atoms with van der Waals surface area (Å²) in [6, 6.07) is -0.357. The molecule has 3 unspecified atom stereocenters. The van der Waals surface area contributed by atoms with Crippen LogP contribution in [-0.2, 0) is 4.79 Å². The Labute approximate surface area is 113 Å². The molecule has 1 heterocycles. The van der Waals surface area contributed by atoms with Crippen molar-refractivity contribution in [3.63, 3.8) is 0 Å². The van der Waals surface area contributed by atoms with Crippen molar-refractivity contribution in [1.82, 2.24) is 10.2 Å². The van der Waals surface area contributed by atoms with E-state index < -0.39 is 11.9 Å². The van der Waals surface area contributed by atoms with Gasteiger partial charge in [0, 0.05) is 19.1 Å². The van der Waals surface area contributed by atoms with Crippen LogP contribution < -0.4 is 11.1 Å². The van der Waals surface area contributed by atoms with Gasteiger partial charge in [-0.1, -0.05) is 12.8 Å². The maximum absolute atomic E-state index is 12.1. The van der Waals surface area contributed by atoms with Crippen LogP contribution in [0.2, 0.25) is 0 Å². The molecule has 0 spiro atoms. The minimum Gasteiger partial charge on any atom is -0.481 e. The van der Waals surface area contributed by atoms with Gasteiger partial charge in [0.2, 0.25) is 0 Å². The summed E-state index contributed by atoms with van der Waals surface area (Å²) in [4.78, 5) is 25.1. The first-order valence-corrected chi connectivity index (χ1v) is 7.10. The van der Waals surface area contributed by atoms with Crippen molar-refractivity contribution in [1.29, 1.82) is 0 Å². The molecule has 0 aromatic heterocycles. The van der Waals surface area contributed by atoms with Gasteiger partial charge in [0.1, 0.15) is 0 Å². The third kappa shape index (κ3) is 3.37. The fourth-order valence-electron chi connectivity index (χ4n) is 3.06. The molecule has 2 rings (SSSR count). The number of carbonyl (C=O) groups excluding carboxylic acids is 1. The molecule has 0 aromatic rings. The lowest BCUT2D eigenvalue weighted by molar-refractivity contribution is -0.143. The van der Waals surface area contributed by atoms with Crippen LogP contribution in [0, 0.1) is 11.8 Å². The zero-order chi connectivity index (χ0) is 13.8. The number of nitrogens with zero attached hydrogens (tertiary/aromatic N) is 1. The smallest absolute Gasteiger partial charge is 0.317 e. The molecule has 1 saturated carbocycles. The van der Waals surface area contributed by atoms with E-state index >= 15 is 0 Å². The minimum absolute atomic E-state index is 0.130. The first kappa shape index (κ1) is 14.1. The van der Waals surface area contributed by atoms with E-state index in [1.165, 1.54) is 0 Å². The van der Waals surface area contributed by atoms with Gasteiger partial charge in [0.15, 0.2) is 0 Å². The molecule has 1 aliphatic carbocycles. The number of nitrogens with one attached hydrogen (secondary N) is 1. The van der Waals surface area contributed by atoms with Crippen LogP contribution in [0.5, 0.6) is 0 Å². The van der Waals surface area contributed by atoms with E-state index in [1.807, 2.05) is 0 Å². The third-order valence-electron chi connectivity index (χ3n) is 4.30. The van der Waals surface area contributed by atoms with Crippen LogP contribution in [0.4, 0.5) is 4.79 Å². The second kappa shape index (κ2) is 6.23. The van der Waals surface area contributed by atoms with Crippen LogP contribution in [0.1, 0.15) is 32.1 Å². The van der Waals surface area contributed by atoms with Crippen molar-refractivity contribution >= 4 is 12.0 Å². The quantitative estimate of drug-likeness (QED) is 0.700. The Morgan fingerprint density at radius 3 is 2.63 bits per heavy atom. The second-order valence-electron chi connectivity index (χ2n) is 5.62. The Morgan fingerprint density at radius 2 is 2.00 bits per heavy atom. The van der Waals surface area contributed by atoms with Crippen LogP contribution in [0.3, 0.4) is 0 Å². The highest BCUT2D eigenvalue weighted by Gasteiger charge is 2.34. The van der Waals surface area contributed by atoms with E-state index in [0.717, 1.165) is 32.2 Å². The first-order chi connectivity index (χ1) is 9.11. The van der Waals surface area contributed by atoms with Gasteiger partial charge >= 0.3 is 12.0 Å². The van der Waals surface area contributed by atoms with Crippen LogP contribution in [0.15, 0.2) is 0 Å². The molecule has 19 heavy (non-hydrogen) atoms. The standard InChI is InChI=1S/C13H23N3O3/c14-7-9-5-6-16(8-9)13(19)15-11-4-2-1-3-10(11)12(17)18/h9-11H,1-8,14H2,(H,15,19)(H,17,18). The van der Waals surface area contributed by atoms with Crippen LogP contribution in [0.25, 0.3) is 0 Å². The topological polar surface area (TPSA) is 95.7 Å². The maximum Gasteiger partial charge on any atom is 0.317 e. The molecule has 6 nitrogen and oxygen atoms in total. The van der Waals surface area contributed by atoms with Crippen molar-refractivity contribution in [3.05, 3.63) is 0 Å². The fourth-order valence-corrected chi connectivity index (χ4v) is 3.06. The average Bonchev–Trinajstić information content (AvgIpc) is 2.88. The van der Waals surface area contributed by atoms with Crippen LogP contribution in [-0.4, -0.2) is 47.7 Å². The number of carboxylic acid groups (broad SMARTS) is 1. The molecule has 2 fully saturated rings. The van der Waals surface area contributed by atoms with Gasteiger partial charge in [-0.25, -0.2) is 4.79 Å². The van der Waals surface area contributed by atoms with E-state index in [-0.39, 0.29) is 12.1 Å². The molecule has 0 aromatic carbocycles. The number of hydrogen-bond donors (Lipinski definition) is 3. The van der Waals surface area contributed by atoms with Gasteiger partial charge in [0.05, 0.1) is 5.92 Å². The average molecular weight is 269 g/mol. The molecule has 2 amide bonds. The summed E-state index contributed by atoms with van der Waals surface area (Å²) in [6.45, 7) is 2.01. The molecule has 4 N–H and O–H groups in total. The number of urea groups is 1. The van der Waals surface area contributed by atoms with E-state index in [4.69, 9.17) is 5.73 Å². The zero-order valence-corrected chi connectivity index (χ0v) is 11.2. The summed E-state index contributed by atoms with van der Waals surface area (Å²) in [5, 5.41) is 12.1. The molecule has 108 valence electrons. The van der Waals surface area contributed by atoms with Gasteiger partial charge in [-0.15, -0.1) is 0 Å². The number of carbonyl (C=O) groups is 2. The lowest BCUT2D eigenvalue weighted by Crippen LogP contribution is -2.49. The summed E-state index contributed by atoms with van der Waals surface area (Å²) >= 11 is 0. The molecule has 1 saturated heterocycles. The first-order valence-electron chi connectivity index (χ1n) is 7.10. The minimum atomic E-state index is -0.800. The summed E-state index contributed by atoms with van der Waals surface area (Å²) in [6.07, 6.45) is 4.28. The zero-order valence-electron chi connectivity index (χ0n) is 11.2. The van der Waals surface area contributed by atoms with E-state index in [0.29, 0.717) is 25.4 Å². The van der Waals surface area contributed by atoms with Gasteiger partial charge in [-0.3, -0.25) is 4.79 Å². The lowest BCUT2D eigenvalue weighted by atomic mass is 9.84. The molecule has 2 aliphatic rings. The second-order valence-corrected chi connectivity index (χ2v) is 5.62. The summed E-state index contributed by atoms with van der Waals surface area (Å²) in [5.41, 5.74) is 5.61. The van der Waals surface area contributed by atoms with Gasteiger partial charge in [-0.05, 0) is 31.7 Å². The summed E-state index contributed by atoms with van der Waals surface area (Å²) < 4.78 is 0. The highest BCUT2D eigenvalue weighted by atomic mass is 16.4.